The van der Waals surface area contributed by atoms with Gasteiger partial charge >= 0.3 is 5.69 Å². The monoisotopic (exact) mass is 178 g/mol. The molecule has 0 N–H and O–H groups in total. The van der Waals surface area contributed by atoms with E-state index >= 15 is 0 Å². The number of aromatic nitrogens is 2. The van der Waals surface area contributed by atoms with Gasteiger partial charge in [0.2, 0.25) is 0 Å². The van der Waals surface area contributed by atoms with Crippen molar-refractivity contribution in [1.29, 1.82) is 0 Å². The molecule has 0 aliphatic carbocycles. The summed E-state index contributed by atoms with van der Waals surface area (Å²) in [6.07, 6.45) is 3.46. The van der Waals surface area contributed by atoms with E-state index in [-0.39, 0.29) is 12.4 Å². The van der Waals surface area contributed by atoms with E-state index in [1.54, 1.807) is 23.9 Å². The fraction of sp³-hybridized carbons (Fsp3) is 0.222. The summed E-state index contributed by atoms with van der Waals surface area (Å²) in [5.74, 6) is 0. The Morgan fingerprint density at radius 2 is 2.23 bits per heavy atom. The molecule has 0 saturated heterocycles. The van der Waals surface area contributed by atoms with E-state index < -0.39 is 0 Å². The molecule has 0 unspecified atom stereocenters. The van der Waals surface area contributed by atoms with E-state index in [2.05, 4.69) is 0 Å². The van der Waals surface area contributed by atoms with Gasteiger partial charge in [0.1, 0.15) is 6.73 Å². The van der Waals surface area contributed by atoms with Crippen LogP contribution in [0.2, 0.25) is 0 Å². The number of hydrogen-bond donors (Lipinski definition) is 0. The molecule has 4 nitrogen and oxygen atoms in total. The Balaban J connectivity index is 2.67. The van der Waals surface area contributed by atoms with Crippen molar-refractivity contribution in [3.05, 3.63) is 41.1 Å². The number of methoxy groups -OCH3 is 1. The van der Waals surface area contributed by atoms with E-state index in [0.29, 0.717) is 0 Å². The zero-order valence-corrected chi connectivity index (χ0v) is 7.30. The number of fused-ring (bicyclic) bond motifs is 1. The number of nitrogens with zero attached hydrogens (tertiary/aromatic N) is 2. The van der Waals surface area contributed by atoms with Crippen molar-refractivity contribution >= 4 is 5.52 Å². The molecule has 0 bridgehead atoms. The molecular formula is C9H10N2O2. The number of hydrogen-bond acceptors (Lipinski definition) is 2. The Morgan fingerprint density at radius 3 is 3.00 bits per heavy atom. The normalized spacial score (nSPS) is 10.8. The van der Waals surface area contributed by atoms with Crippen molar-refractivity contribution < 1.29 is 4.74 Å². The first-order valence-electron chi connectivity index (χ1n) is 3.98. The molecule has 0 spiro atoms. The SMILES string of the molecule is COCn1ccc2cccn2c1=O. The number of rotatable bonds is 2. The maximum atomic E-state index is 11.6. The molecular weight excluding hydrogens is 168 g/mol. The van der Waals surface area contributed by atoms with Crippen molar-refractivity contribution in [3.63, 3.8) is 0 Å². The molecule has 13 heavy (non-hydrogen) atoms. The first kappa shape index (κ1) is 8.07. The van der Waals surface area contributed by atoms with E-state index in [1.165, 1.54) is 4.57 Å². The first-order valence-corrected chi connectivity index (χ1v) is 3.98. The van der Waals surface area contributed by atoms with E-state index in [0.717, 1.165) is 5.52 Å². The van der Waals surface area contributed by atoms with Gasteiger partial charge in [-0.25, -0.2) is 4.79 Å². The highest BCUT2D eigenvalue weighted by atomic mass is 16.5. The fourth-order valence-electron chi connectivity index (χ4n) is 1.31. The maximum Gasteiger partial charge on any atom is 0.334 e. The molecule has 2 heterocycles. The summed E-state index contributed by atoms with van der Waals surface area (Å²) < 4.78 is 7.97. The lowest BCUT2D eigenvalue weighted by Gasteiger charge is -2.03. The van der Waals surface area contributed by atoms with Crippen molar-refractivity contribution in [2.24, 2.45) is 0 Å². The molecule has 68 valence electrons. The van der Waals surface area contributed by atoms with E-state index in [4.69, 9.17) is 4.74 Å². The summed E-state index contributed by atoms with van der Waals surface area (Å²) in [6, 6.07) is 5.60. The quantitative estimate of drug-likeness (QED) is 0.678. The minimum absolute atomic E-state index is 0.0793. The molecule has 0 amide bonds. The van der Waals surface area contributed by atoms with Gasteiger partial charge in [0.05, 0.1) is 5.52 Å². The van der Waals surface area contributed by atoms with Crippen LogP contribution >= 0.6 is 0 Å². The van der Waals surface area contributed by atoms with Crippen LogP contribution in [0.3, 0.4) is 0 Å². The summed E-state index contributed by atoms with van der Waals surface area (Å²) in [4.78, 5) is 11.6. The topological polar surface area (TPSA) is 35.6 Å². The first-order chi connectivity index (χ1) is 6.33. The Morgan fingerprint density at radius 1 is 1.38 bits per heavy atom. The second-order valence-corrected chi connectivity index (χ2v) is 2.79. The molecule has 0 aliphatic heterocycles. The van der Waals surface area contributed by atoms with Crippen molar-refractivity contribution in [3.8, 4) is 0 Å². The summed E-state index contributed by atoms with van der Waals surface area (Å²) in [7, 11) is 1.56. The Hall–Kier alpha value is -1.55. The summed E-state index contributed by atoms with van der Waals surface area (Å²) in [6.45, 7) is 0.285. The molecule has 4 heteroatoms. The molecule has 2 aromatic rings. The van der Waals surface area contributed by atoms with Crippen molar-refractivity contribution in [1.82, 2.24) is 8.97 Å². The minimum atomic E-state index is -0.0793. The predicted octanol–water partition coefficient (Wildman–Crippen LogP) is 0.705. The molecule has 0 fully saturated rings. The van der Waals surface area contributed by atoms with Gasteiger partial charge < -0.3 is 4.74 Å². The van der Waals surface area contributed by atoms with Crippen LogP contribution in [0.1, 0.15) is 0 Å². The predicted molar refractivity (Wildman–Crippen MR) is 48.7 cm³/mol. The lowest BCUT2D eigenvalue weighted by Crippen LogP contribution is -2.25. The third-order valence-electron chi connectivity index (χ3n) is 1.93. The minimum Gasteiger partial charge on any atom is -0.364 e. The summed E-state index contributed by atoms with van der Waals surface area (Å²) in [5, 5.41) is 0. The van der Waals surface area contributed by atoms with Gasteiger partial charge in [0.15, 0.2) is 0 Å². The molecule has 2 rings (SSSR count). The molecule has 0 radical (unpaired) electrons. The second-order valence-electron chi connectivity index (χ2n) is 2.79. The van der Waals surface area contributed by atoms with Crippen LogP contribution in [-0.2, 0) is 11.5 Å². The van der Waals surface area contributed by atoms with E-state index in [1.807, 2.05) is 18.2 Å². The van der Waals surface area contributed by atoms with Crippen LogP contribution in [0.4, 0.5) is 0 Å². The maximum absolute atomic E-state index is 11.6. The van der Waals surface area contributed by atoms with Crippen molar-refractivity contribution in [2.45, 2.75) is 6.73 Å². The van der Waals surface area contributed by atoms with Gasteiger partial charge in [-0.2, -0.15) is 0 Å². The average molecular weight is 178 g/mol. The van der Waals surface area contributed by atoms with Crippen LogP contribution in [0.25, 0.3) is 5.52 Å². The van der Waals surface area contributed by atoms with Gasteiger partial charge in [-0.1, -0.05) is 0 Å². The van der Waals surface area contributed by atoms with Gasteiger partial charge in [0.25, 0.3) is 0 Å². The zero-order valence-electron chi connectivity index (χ0n) is 7.30. The van der Waals surface area contributed by atoms with Gasteiger partial charge in [-0.05, 0) is 18.2 Å². The van der Waals surface area contributed by atoms with Crippen LogP contribution < -0.4 is 5.69 Å². The zero-order chi connectivity index (χ0) is 9.26. The van der Waals surface area contributed by atoms with Gasteiger partial charge in [-0.15, -0.1) is 0 Å². The van der Waals surface area contributed by atoms with Gasteiger partial charge in [0, 0.05) is 19.5 Å². The van der Waals surface area contributed by atoms with Crippen LogP contribution in [0, 0.1) is 0 Å². The highest BCUT2D eigenvalue weighted by molar-refractivity contribution is 5.45. The Kier molecular flexibility index (Phi) is 1.90. The highest BCUT2D eigenvalue weighted by Crippen LogP contribution is 1.99. The number of ether oxygens (including phenoxy) is 1. The van der Waals surface area contributed by atoms with Crippen molar-refractivity contribution in [2.75, 3.05) is 7.11 Å². The lowest BCUT2D eigenvalue weighted by atomic mass is 10.5. The van der Waals surface area contributed by atoms with E-state index in [9.17, 15) is 4.79 Å². The smallest absolute Gasteiger partial charge is 0.334 e. The molecule has 0 atom stereocenters. The Bertz CT molecular complexity index is 470. The largest absolute Gasteiger partial charge is 0.364 e. The Labute approximate surface area is 75.0 Å². The lowest BCUT2D eigenvalue weighted by molar-refractivity contribution is 0.126. The summed E-state index contributed by atoms with van der Waals surface area (Å²) >= 11 is 0. The third kappa shape index (κ3) is 1.25. The molecule has 0 aromatic carbocycles. The average Bonchev–Trinajstić information content (AvgIpc) is 2.58. The molecule has 0 saturated carbocycles. The van der Waals surface area contributed by atoms with Gasteiger partial charge in [-0.3, -0.25) is 8.97 Å². The molecule has 2 aromatic heterocycles. The van der Waals surface area contributed by atoms with Crippen LogP contribution in [0.5, 0.6) is 0 Å². The fourth-order valence-corrected chi connectivity index (χ4v) is 1.31. The third-order valence-corrected chi connectivity index (χ3v) is 1.93. The summed E-state index contributed by atoms with van der Waals surface area (Å²) in [5.41, 5.74) is 0.821. The second kappa shape index (κ2) is 3.06. The highest BCUT2D eigenvalue weighted by Gasteiger charge is 1.99. The standard InChI is InChI=1S/C9H10N2O2/c1-13-7-10-6-4-8-3-2-5-11(8)9(10)12/h2-6H,7H2,1H3. The van der Waals surface area contributed by atoms with Crippen LogP contribution in [0.15, 0.2) is 35.4 Å². The molecule has 0 aliphatic rings. The van der Waals surface area contributed by atoms with Crippen LogP contribution in [-0.4, -0.2) is 16.1 Å².